The van der Waals surface area contributed by atoms with Crippen LogP contribution in [0.2, 0.25) is 0 Å². The van der Waals surface area contributed by atoms with E-state index in [0.717, 1.165) is 25.7 Å². The second kappa shape index (κ2) is 7.15. The summed E-state index contributed by atoms with van der Waals surface area (Å²) in [5, 5.41) is 0. The van der Waals surface area contributed by atoms with Gasteiger partial charge in [0.25, 0.3) is 0 Å². The average molecular weight is 289 g/mol. The Morgan fingerprint density at radius 1 is 1.00 bits per heavy atom. The van der Waals surface area contributed by atoms with Crippen LogP contribution in [-0.2, 0) is 10.8 Å². The van der Waals surface area contributed by atoms with Crippen molar-refractivity contribution in [1.29, 1.82) is 0 Å². The van der Waals surface area contributed by atoms with Gasteiger partial charge in [0.1, 0.15) is 0 Å². The van der Waals surface area contributed by atoms with E-state index in [2.05, 4.69) is 51.5 Å². The Morgan fingerprint density at radius 2 is 1.52 bits per heavy atom. The van der Waals surface area contributed by atoms with Crippen LogP contribution >= 0.6 is 0 Å². The molecule has 0 aliphatic rings. The average Bonchev–Trinajstić information content (AvgIpc) is 2.53. The molecule has 1 aromatic rings. The number of aromatic nitrogens is 2. The summed E-state index contributed by atoms with van der Waals surface area (Å²) in [6, 6.07) is 0. The Labute approximate surface area is 130 Å². The molecule has 21 heavy (non-hydrogen) atoms. The van der Waals surface area contributed by atoms with E-state index in [9.17, 15) is 0 Å². The fourth-order valence-electron chi connectivity index (χ4n) is 2.67. The van der Waals surface area contributed by atoms with Crippen molar-refractivity contribution in [2.75, 3.05) is 0 Å². The Balaban J connectivity index is 3.57. The number of nitrogens with zero attached hydrogens (tertiary/aromatic N) is 3. The molecule has 0 aliphatic heterocycles. The molecule has 3 nitrogen and oxygen atoms in total. The molecule has 0 amide bonds. The highest BCUT2D eigenvalue weighted by Gasteiger charge is 2.34. The zero-order valence-electron chi connectivity index (χ0n) is 14.8. The SMILES string of the molecule is CC=Nc1ncc(C(C)(CC)CC)c(C(C)(CC)CC)n1. The lowest BCUT2D eigenvalue weighted by Crippen LogP contribution is -2.30. The van der Waals surface area contributed by atoms with Crippen LogP contribution in [0.25, 0.3) is 0 Å². The van der Waals surface area contributed by atoms with Crippen molar-refractivity contribution >= 4 is 12.2 Å². The van der Waals surface area contributed by atoms with Crippen LogP contribution in [0, 0.1) is 0 Å². The molecule has 0 fully saturated rings. The highest BCUT2D eigenvalue weighted by molar-refractivity contribution is 5.57. The van der Waals surface area contributed by atoms with Crippen molar-refractivity contribution in [3.8, 4) is 0 Å². The summed E-state index contributed by atoms with van der Waals surface area (Å²) in [7, 11) is 0. The van der Waals surface area contributed by atoms with Crippen molar-refractivity contribution < 1.29 is 0 Å². The van der Waals surface area contributed by atoms with Crippen LogP contribution in [0.5, 0.6) is 0 Å². The van der Waals surface area contributed by atoms with Gasteiger partial charge < -0.3 is 0 Å². The smallest absolute Gasteiger partial charge is 0.224 e. The molecule has 0 aliphatic carbocycles. The third-order valence-electron chi connectivity index (χ3n) is 5.36. The molecule has 3 heteroatoms. The first-order valence-corrected chi connectivity index (χ1v) is 8.27. The van der Waals surface area contributed by atoms with E-state index in [0.29, 0.717) is 5.95 Å². The molecule has 0 atom stereocenters. The number of hydrogen-bond donors (Lipinski definition) is 0. The molecule has 0 aromatic carbocycles. The van der Waals surface area contributed by atoms with Crippen LogP contribution in [0.1, 0.15) is 85.4 Å². The summed E-state index contributed by atoms with van der Waals surface area (Å²) in [6.07, 6.45) is 8.12. The Kier molecular flexibility index (Phi) is 6.06. The summed E-state index contributed by atoms with van der Waals surface area (Å²) < 4.78 is 0. The topological polar surface area (TPSA) is 38.1 Å². The Bertz CT molecular complexity index is 483. The lowest BCUT2D eigenvalue weighted by molar-refractivity contribution is 0.382. The first kappa shape index (κ1) is 17.8. The van der Waals surface area contributed by atoms with E-state index in [1.54, 1.807) is 6.21 Å². The quantitative estimate of drug-likeness (QED) is 0.634. The van der Waals surface area contributed by atoms with Gasteiger partial charge in [0.2, 0.25) is 5.95 Å². The van der Waals surface area contributed by atoms with Crippen molar-refractivity contribution in [2.24, 2.45) is 4.99 Å². The van der Waals surface area contributed by atoms with Crippen molar-refractivity contribution in [3.63, 3.8) is 0 Å². The number of rotatable bonds is 7. The van der Waals surface area contributed by atoms with E-state index >= 15 is 0 Å². The van der Waals surface area contributed by atoms with Crippen molar-refractivity contribution in [1.82, 2.24) is 9.97 Å². The zero-order chi connectivity index (χ0) is 16.1. The number of aliphatic imine (C=N–C) groups is 1. The minimum Gasteiger partial charge on any atom is -0.224 e. The summed E-state index contributed by atoms with van der Waals surface area (Å²) in [5.41, 5.74) is 2.71. The fourth-order valence-corrected chi connectivity index (χ4v) is 2.67. The van der Waals surface area contributed by atoms with E-state index < -0.39 is 0 Å². The second-order valence-corrected chi connectivity index (χ2v) is 6.36. The molecule has 0 N–H and O–H groups in total. The highest BCUT2D eigenvalue weighted by atomic mass is 15.0. The maximum Gasteiger partial charge on any atom is 0.249 e. The van der Waals surface area contributed by atoms with Gasteiger partial charge in [-0.25, -0.2) is 15.0 Å². The highest BCUT2D eigenvalue weighted by Crippen LogP contribution is 2.40. The standard InChI is InChI=1S/C18H31N3/c1-8-17(6,9-2)14-13-20-16(19-12-5)21-15(14)18(7,10-3)11-4/h12-13H,8-11H2,1-7H3. The van der Waals surface area contributed by atoms with Crippen LogP contribution in [0.15, 0.2) is 11.2 Å². The predicted octanol–water partition coefficient (Wildman–Crippen LogP) is 5.35. The molecule has 1 aromatic heterocycles. The van der Waals surface area contributed by atoms with Crippen LogP contribution in [0.3, 0.4) is 0 Å². The molecular weight excluding hydrogens is 258 g/mol. The monoisotopic (exact) mass is 289 g/mol. The second-order valence-electron chi connectivity index (χ2n) is 6.36. The molecule has 118 valence electrons. The molecule has 1 rings (SSSR count). The lowest BCUT2D eigenvalue weighted by atomic mass is 9.71. The molecule has 0 radical (unpaired) electrons. The number of hydrogen-bond acceptors (Lipinski definition) is 3. The molecule has 0 spiro atoms. The van der Waals surface area contributed by atoms with Crippen molar-refractivity contribution in [2.45, 2.75) is 85.0 Å². The van der Waals surface area contributed by atoms with Gasteiger partial charge in [-0.05, 0) is 43.6 Å². The summed E-state index contributed by atoms with van der Waals surface area (Å²) in [4.78, 5) is 13.6. The third-order valence-corrected chi connectivity index (χ3v) is 5.36. The fraction of sp³-hybridized carbons (Fsp3) is 0.722. The van der Waals surface area contributed by atoms with Gasteiger partial charge in [0, 0.05) is 17.8 Å². The Morgan fingerprint density at radius 3 is 1.95 bits per heavy atom. The molecule has 0 bridgehead atoms. The molecule has 0 saturated carbocycles. The van der Waals surface area contributed by atoms with Gasteiger partial charge in [0.15, 0.2) is 0 Å². The normalized spacial score (nSPS) is 13.1. The van der Waals surface area contributed by atoms with E-state index in [1.807, 2.05) is 13.1 Å². The van der Waals surface area contributed by atoms with Crippen LogP contribution in [0.4, 0.5) is 5.95 Å². The van der Waals surface area contributed by atoms with Gasteiger partial charge in [-0.2, -0.15) is 0 Å². The predicted molar refractivity (Wildman–Crippen MR) is 91.7 cm³/mol. The van der Waals surface area contributed by atoms with E-state index in [4.69, 9.17) is 4.98 Å². The first-order valence-electron chi connectivity index (χ1n) is 8.27. The minimum atomic E-state index is 0.0852. The molecule has 0 unspecified atom stereocenters. The van der Waals surface area contributed by atoms with Gasteiger partial charge >= 0.3 is 0 Å². The first-order chi connectivity index (χ1) is 9.90. The van der Waals surface area contributed by atoms with E-state index in [-0.39, 0.29) is 10.8 Å². The van der Waals surface area contributed by atoms with Crippen molar-refractivity contribution in [3.05, 3.63) is 17.5 Å². The molecular formula is C18H31N3. The molecule has 1 heterocycles. The summed E-state index contributed by atoms with van der Waals surface area (Å²) in [6.45, 7) is 15.5. The lowest BCUT2D eigenvalue weighted by Gasteiger charge is -2.35. The maximum atomic E-state index is 4.83. The van der Waals surface area contributed by atoms with Gasteiger partial charge in [-0.3, -0.25) is 0 Å². The summed E-state index contributed by atoms with van der Waals surface area (Å²) in [5.74, 6) is 0.582. The van der Waals surface area contributed by atoms with Gasteiger partial charge in [-0.15, -0.1) is 0 Å². The van der Waals surface area contributed by atoms with Crippen LogP contribution < -0.4 is 0 Å². The Hall–Kier alpha value is -1.25. The largest absolute Gasteiger partial charge is 0.249 e. The third kappa shape index (κ3) is 3.50. The maximum absolute atomic E-state index is 4.83. The molecule has 0 saturated heterocycles. The van der Waals surface area contributed by atoms with Crippen LogP contribution in [-0.4, -0.2) is 16.2 Å². The van der Waals surface area contributed by atoms with Gasteiger partial charge in [-0.1, -0.05) is 41.5 Å². The van der Waals surface area contributed by atoms with Gasteiger partial charge in [0.05, 0.1) is 5.69 Å². The zero-order valence-corrected chi connectivity index (χ0v) is 14.8. The summed E-state index contributed by atoms with van der Waals surface area (Å²) >= 11 is 0. The minimum absolute atomic E-state index is 0.0852. The van der Waals surface area contributed by atoms with E-state index in [1.165, 1.54) is 11.3 Å².